The maximum Gasteiger partial charge on any atom is 0.339 e. The molecule has 0 N–H and O–H groups in total. The van der Waals surface area contributed by atoms with Crippen LogP contribution in [0.4, 0.5) is 0 Å². The second-order valence-corrected chi connectivity index (χ2v) is 7.39. The summed E-state index contributed by atoms with van der Waals surface area (Å²) < 4.78 is 31.1. The molecule has 0 heterocycles. The summed E-state index contributed by atoms with van der Waals surface area (Å²) >= 11 is 9.21. The molecule has 112 valence electrons. The Kier molecular flexibility index (Phi) is 4.12. The summed E-state index contributed by atoms with van der Waals surface area (Å²) in [6.07, 6.45) is 0. The van der Waals surface area contributed by atoms with Crippen molar-refractivity contribution < 1.29 is 12.6 Å². The van der Waals surface area contributed by atoms with E-state index < -0.39 is 10.1 Å². The number of halogens is 2. The van der Waals surface area contributed by atoms with Crippen LogP contribution < -0.4 is 4.18 Å². The largest absolute Gasteiger partial charge is 0.379 e. The van der Waals surface area contributed by atoms with Crippen LogP contribution in [0.3, 0.4) is 0 Å². The summed E-state index contributed by atoms with van der Waals surface area (Å²) in [7, 11) is -3.93. The summed E-state index contributed by atoms with van der Waals surface area (Å²) in [6, 6.07) is 16.6. The molecule has 0 amide bonds. The zero-order valence-electron chi connectivity index (χ0n) is 11.2. The number of hydrogen-bond donors (Lipinski definition) is 0. The van der Waals surface area contributed by atoms with Gasteiger partial charge in [0.25, 0.3) is 0 Å². The van der Waals surface area contributed by atoms with Gasteiger partial charge in [-0.25, -0.2) is 0 Å². The van der Waals surface area contributed by atoms with Gasteiger partial charge in [-0.2, -0.15) is 8.42 Å². The second-order valence-electron chi connectivity index (χ2n) is 4.58. The van der Waals surface area contributed by atoms with E-state index >= 15 is 0 Å². The molecule has 22 heavy (non-hydrogen) atoms. The van der Waals surface area contributed by atoms with Crippen molar-refractivity contribution in [3.8, 4) is 5.75 Å². The topological polar surface area (TPSA) is 43.4 Å². The van der Waals surface area contributed by atoms with Gasteiger partial charge in [0.1, 0.15) is 10.6 Å². The van der Waals surface area contributed by atoms with Crippen molar-refractivity contribution in [2.24, 2.45) is 0 Å². The second kappa shape index (κ2) is 5.91. The molecule has 3 rings (SSSR count). The van der Waals surface area contributed by atoms with Crippen molar-refractivity contribution in [3.63, 3.8) is 0 Å². The number of fused-ring (bicyclic) bond motifs is 1. The Morgan fingerprint density at radius 1 is 0.864 bits per heavy atom. The molecule has 0 unspecified atom stereocenters. The normalized spacial score (nSPS) is 11.5. The van der Waals surface area contributed by atoms with Crippen LogP contribution in [0.2, 0.25) is 5.02 Å². The molecule has 3 nitrogen and oxygen atoms in total. The third-order valence-electron chi connectivity index (χ3n) is 3.12. The molecule has 0 spiro atoms. The summed E-state index contributed by atoms with van der Waals surface area (Å²) in [5.74, 6) is 0.219. The lowest BCUT2D eigenvalue weighted by molar-refractivity contribution is 0.487. The summed E-state index contributed by atoms with van der Waals surface area (Å²) in [4.78, 5) is 0.126. The zero-order chi connectivity index (χ0) is 15.7. The SMILES string of the molecule is O=S(=O)(Oc1ccc(Cl)cc1)c1ccc(Br)c2ccccc12. The van der Waals surface area contributed by atoms with Gasteiger partial charge in [0, 0.05) is 14.9 Å². The molecule has 0 aliphatic rings. The lowest BCUT2D eigenvalue weighted by atomic mass is 10.1. The Bertz CT molecular complexity index is 937. The third-order valence-corrected chi connectivity index (χ3v) is 5.37. The minimum absolute atomic E-state index is 0.126. The van der Waals surface area contributed by atoms with Gasteiger partial charge in [-0.1, -0.05) is 51.8 Å². The monoisotopic (exact) mass is 396 g/mol. The molecule has 0 atom stereocenters. The molecular weight excluding hydrogens is 388 g/mol. The van der Waals surface area contributed by atoms with Gasteiger partial charge in [0.15, 0.2) is 0 Å². The van der Waals surface area contributed by atoms with Gasteiger partial charge in [-0.05, 0) is 41.8 Å². The van der Waals surface area contributed by atoms with E-state index in [0.717, 1.165) is 9.86 Å². The maximum atomic E-state index is 12.5. The fourth-order valence-electron chi connectivity index (χ4n) is 2.11. The van der Waals surface area contributed by atoms with E-state index in [1.54, 1.807) is 30.3 Å². The highest BCUT2D eigenvalue weighted by molar-refractivity contribution is 9.10. The Hall–Kier alpha value is -1.56. The standard InChI is InChI=1S/C16H10BrClO3S/c17-15-9-10-16(14-4-2-1-3-13(14)15)22(19,20)21-12-7-5-11(18)6-8-12/h1-10H. The van der Waals surface area contributed by atoms with Gasteiger partial charge in [0.05, 0.1) is 0 Å². The maximum absolute atomic E-state index is 12.5. The molecule has 0 saturated heterocycles. The fourth-order valence-corrected chi connectivity index (χ4v) is 3.85. The van der Waals surface area contributed by atoms with Gasteiger partial charge in [-0.15, -0.1) is 0 Å². The zero-order valence-corrected chi connectivity index (χ0v) is 14.3. The van der Waals surface area contributed by atoms with E-state index in [-0.39, 0.29) is 10.6 Å². The van der Waals surface area contributed by atoms with Crippen LogP contribution in [0.25, 0.3) is 10.8 Å². The van der Waals surface area contributed by atoms with E-state index in [1.165, 1.54) is 18.2 Å². The van der Waals surface area contributed by atoms with Crippen molar-refractivity contribution >= 4 is 48.4 Å². The molecule has 0 aromatic heterocycles. The average Bonchev–Trinajstić information content (AvgIpc) is 2.50. The molecule has 0 aliphatic heterocycles. The van der Waals surface area contributed by atoms with Gasteiger partial charge in [-0.3, -0.25) is 0 Å². The number of hydrogen-bond acceptors (Lipinski definition) is 3. The van der Waals surface area contributed by atoms with E-state index in [0.29, 0.717) is 10.4 Å². The van der Waals surface area contributed by atoms with Crippen molar-refractivity contribution in [2.45, 2.75) is 4.90 Å². The van der Waals surface area contributed by atoms with Crippen LogP contribution in [0, 0.1) is 0 Å². The molecule has 0 bridgehead atoms. The predicted molar refractivity (Wildman–Crippen MR) is 90.9 cm³/mol. The van der Waals surface area contributed by atoms with Crippen LogP contribution in [-0.4, -0.2) is 8.42 Å². The molecular formula is C16H10BrClO3S. The molecule has 6 heteroatoms. The summed E-state index contributed by atoms with van der Waals surface area (Å²) in [6.45, 7) is 0. The van der Waals surface area contributed by atoms with E-state index in [2.05, 4.69) is 15.9 Å². The fraction of sp³-hybridized carbons (Fsp3) is 0. The Balaban J connectivity index is 2.10. The molecule has 0 saturated carbocycles. The van der Waals surface area contributed by atoms with Crippen LogP contribution >= 0.6 is 27.5 Å². The highest BCUT2D eigenvalue weighted by Gasteiger charge is 2.20. The van der Waals surface area contributed by atoms with Crippen LogP contribution in [0.5, 0.6) is 5.75 Å². The Morgan fingerprint density at radius 3 is 2.18 bits per heavy atom. The van der Waals surface area contributed by atoms with Gasteiger partial charge >= 0.3 is 10.1 Å². The van der Waals surface area contributed by atoms with Crippen LogP contribution in [0.1, 0.15) is 0 Å². The first-order chi connectivity index (χ1) is 10.5. The smallest absolute Gasteiger partial charge is 0.339 e. The molecule has 0 fully saturated rings. The van der Waals surface area contributed by atoms with Crippen LogP contribution in [0.15, 0.2) is 70.0 Å². The van der Waals surface area contributed by atoms with E-state index in [4.69, 9.17) is 15.8 Å². The molecule has 3 aromatic rings. The van der Waals surface area contributed by atoms with Crippen LogP contribution in [-0.2, 0) is 10.1 Å². The molecule has 0 aliphatic carbocycles. The molecule has 3 aromatic carbocycles. The third kappa shape index (κ3) is 2.97. The lowest BCUT2D eigenvalue weighted by Gasteiger charge is -2.10. The average molecular weight is 398 g/mol. The van der Waals surface area contributed by atoms with Crippen molar-refractivity contribution in [2.75, 3.05) is 0 Å². The predicted octanol–water partition coefficient (Wildman–Crippen LogP) is 5.02. The Morgan fingerprint density at radius 2 is 1.50 bits per heavy atom. The van der Waals surface area contributed by atoms with Gasteiger partial charge < -0.3 is 4.18 Å². The quantitative estimate of drug-likeness (QED) is 0.583. The first-order valence-corrected chi connectivity index (χ1v) is 8.92. The lowest BCUT2D eigenvalue weighted by Crippen LogP contribution is -2.10. The van der Waals surface area contributed by atoms with E-state index in [9.17, 15) is 8.42 Å². The van der Waals surface area contributed by atoms with Crippen molar-refractivity contribution in [1.82, 2.24) is 0 Å². The Labute approximate surface area is 141 Å². The van der Waals surface area contributed by atoms with Gasteiger partial charge in [0.2, 0.25) is 0 Å². The number of rotatable bonds is 3. The summed E-state index contributed by atoms with van der Waals surface area (Å²) in [5, 5.41) is 1.92. The summed E-state index contributed by atoms with van der Waals surface area (Å²) in [5.41, 5.74) is 0. The van der Waals surface area contributed by atoms with Crippen molar-refractivity contribution in [1.29, 1.82) is 0 Å². The van der Waals surface area contributed by atoms with Crippen molar-refractivity contribution in [3.05, 3.63) is 70.2 Å². The minimum atomic E-state index is -3.93. The minimum Gasteiger partial charge on any atom is -0.379 e. The highest BCUT2D eigenvalue weighted by Crippen LogP contribution is 2.31. The first-order valence-electron chi connectivity index (χ1n) is 6.35. The highest BCUT2D eigenvalue weighted by atomic mass is 79.9. The number of benzene rings is 3. The molecule has 0 radical (unpaired) electrons. The first kappa shape index (κ1) is 15.3. The van der Waals surface area contributed by atoms with E-state index in [1.807, 2.05) is 12.1 Å².